The first kappa shape index (κ1) is 18.6. The van der Waals surface area contributed by atoms with Gasteiger partial charge < -0.3 is 18.9 Å². The van der Waals surface area contributed by atoms with Crippen LogP contribution in [-0.2, 0) is 0 Å². The van der Waals surface area contributed by atoms with Gasteiger partial charge in [-0.1, -0.05) is 6.07 Å². The van der Waals surface area contributed by atoms with Crippen LogP contribution in [0.4, 0.5) is 5.69 Å². The van der Waals surface area contributed by atoms with E-state index < -0.39 is 0 Å². The van der Waals surface area contributed by atoms with E-state index in [-0.39, 0.29) is 5.91 Å². The third kappa shape index (κ3) is 3.64. The maximum Gasteiger partial charge on any atom is 0.255 e. The molecular weight excluding hydrogens is 394 g/mol. The SMILES string of the molecule is COc1cccc(NC(=O)c2ccc3nc(-c4ccco4)c(-c4ccco4)nc3c2)c1. The number of nitrogens with zero attached hydrogens (tertiary/aromatic N) is 2. The highest BCUT2D eigenvalue weighted by molar-refractivity contribution is 6.06. The maximum atomic E-state index is 12.8. The lowest BCUT2D eigenvalue weighted by Gasteiger charge is -2.09. The summed E-state index contributed by atoms with van der Waals surface area (Å²) in [6.45, 7) is 0. The van der Waals surface area contributed by atoms with Crippen LogP contribution in [-0.4, -0.2) is 23.0 Å². The van der Waals surface area contributed by atoms with E-state index in [9.17, 15) is 4.79 Å². The standard InChI is InChI=1S/C24H17N3O4/c1-29-17-6-2-5-16(14-17)25-24(28)15-9-10-18-19(13-15)27-23(21-8-4-12-31-21)22(26-18)20-7-3-11-30-20/h2-14H,1H3,(H,25,28). The van der Waals surface area contributed by atoms with Gasteiger partial charge in [-0.2, -0.15) is 0 Å². The molecule has 1 amide bonds. The van der Waals surface area contributed by atoms with E-state index in [0.717, 1.165) is 0 Å². The predicted octanol–water partition coefficient (Wildman–Crippen LogP) is 5.41. The number of rotatable bonds is 5. The number of furan rings is 2. The minimum atomic E-state index is -0.258. The van der Waals surface area contributed by atoms with Crippen molar-refractivity contribution in [1.29, 1.82) is 0 Å². The summed E-state index contributed by atoms with van der Waals surface area (Å²) in [4.78, 5) is 22.2. The van der Waals surface area contributed by atoms with Crippen LogP contribution in [0.2, 0.25) is 0 Å². The van der Waals surface area contributed by atoms with Gasteiger partial charge in [0.15, 0.2) is 11.5 Å². The third-order valence-electron chi connectivity index (χ3n) is 4.76. The molecule has 3 heterocycles. The number of amides is 1. The minimum Gasteiger partial charge on any atom is -0.497 e. The number of fused-ring (bicyclic) bond motifs is 1. The molecule has 0 atom stereocenters. The molecule has 0 saturated carbocycles. The Labute approximate surface area is 177 Å². The first-order valence-corrected chi connectivity index (χ1v) is 9.56. The molecule has 0 aliphatic rings. The van der Waals surface area contributed by atoms with Crippen molar-refractivity contribution in [3.63, 3.8) is 0 Å². The van der Waals surface area contributed by atoms with E-state index in [1.807, 2.05) is 24.3 Å². The lowest BCUT2D eigenvalue weighted by atomic mass is 10.1. The largest absolute Gasteiger partial charge is 0.497 e. The summed E-state index contributed by atoms with van der Waals surface area (Å²) in [5.41, 5.74) is 3.42. The Morgan fingerprint density at radius 2 is 1.55 bits per heavy atom. The summed E-state index contributed by atoms with van der Waals surface area (Å²) in [7, 11) is 1.58. The van der Waals surface area contributed by atoms with Gasteiger partial charge in [-0.25, -0.2) is 9.97 Å². The van der Waals surface area contributed by atoms with Crippen LogP contribution in [0, 0.1) is 0 Å². The summed E-state index contributed by atoms with van der Waals surface area (Å²) >= 11 is 0. The van der Waals surface area contributed by atoms with Crippen molar-refractivity contribution < 1.29 is 18.4 Å². The number of methoxy groups -OCH3 is 1. The van der Waals surface area contributed by atoms with Crippen LogP contribution < -0.4 is 10.1 Å². The highest BCUT2D eigenvalue weighted by Gasteiger charge is 2.18. The molecule has 7 nitrogen and oxygen atoms in total. The van der Waals surface area contributed by atoms with Gasteiger partial charge >= 0.3 is 0 Å². The van der Waals surface area contributed by atoms with Crippen molar-refractivity contribution >= 4 is 22.6 Å². The fraction of sp³-hybridized carbons (Fsp3) is 0.0417. The molecular formula is C24H17N3O4. The number of aromatic nitrogens is 2. The molecule has 0 fully saturated rings. The van der Waals surface area contributed by atoms with Crippen LogP contribution >= 0.6 is 0 Å². The van der Waals surface area contributed by atoms with E-state index >= 15 is 0 Å². The van der Waals surface area contributed by atoms with Gasteiger partial charge in [0.1, 0.15) is 17.1 Å². The molecule has 1 N–H and O–H groups in total. The molecule has 152 valence electrons. The Morgan fingerprint density at radius 3 is 2.19 bits per heavy atom. The lowest BCUT2D eigenvalue weighted by molar-refractivity contribution is 0.102. The normalized spacial score (nSPS) is 10.9. The molecule has 0 bridgehead atoms. The van der Waals surface area contributed by atoms with Gasteiger partial charge in [0.05, 0.1) is 30.7 Å². The molecule has 31 heavy (non-hydrogen) atoms. The van der Waals surface area contributed by atoms with Crippen molar-refractivity contribution in [2.75, 3.05) is 12.4 Å². The zero-order valence-corrected chi connectivity index (χ0v) is 16.5. The van der Waals surface area contributed by atoms with Crippen molar-refractivity contribution in [2.24, 2.45) is 0 Å². The summed E-state index contributed by atoms with van der Waals surface area (Å²) in [6.07, 6.45) is 3.16. The monoisotopic (exact) mass is 411 g/mol. The van der Waals surface area contributed by atoms with Crippen LogP contribution in [0.25, 0.3) is 33.9 Å². The van der Waals surface area contributed by atoms with Crippen molar-refractivity contribution in [3.8, 4) is 28.7 Å². The fourth-order valence-electron chi connectivity index (χ4n) is 3.27. The number of carbonyl (C=O) groups is 1. The number of ether oxygens (including phenoxy) is 1. The number of nitrogens with one attached hydrogen (secondary N) is 1. The second-order valence-corrected chi connectivity index (χ2v) is 6.76. The number of anilines is 1. The highest BCUT2D eigenvalue weighted by atomic mass is 16.5. The molecule has 5 rings (SSSR count). The average molecular weight is 411 g/mol. The van der Waals surface area contributed by atoms with Crippen molar-refractivity contribution in [3.05, 3.63) is 84.8 Å². The summed E-state index contributed by atoms with van der Waals surface area (Å²) < 4.78 is 16.3. The zero-order chi connectivity index (χ0) is 21.2. The number of benzene rings is 2. The number of carbonyl (C=O) groups excluding carboxylic acids is 1. The van der Waals surface area contributed by atoms with Crippen LogP contribution in [0.15, 0.2) is 88.1 Å². The molecule has 0 aliphatic heterocycles. The molecule has 0 radical (unpaired) electrons. The highest BCUT2D eigenvalue weighted by Crippen LogP contribution is 2.31. The van der Waals surface area contributed by atoms with Gasteiger partial charge in [-0.15, -0.1) is 0 Å². The maximum absolute atomic E-state index is 12.8. The molecule has 0 saturated heterocycles. The Balaban J connectivity index is 1.55. The first-order chi connectivity index (χ1) is 15.2. The second-order valence-electron chi connectivity index (χ2n) is 6.76. The Bertz CT molecular complexity index is 1360. The average Bonchev–Trinajstić information content (AvgIpc) is 3.52. The molecule has 5 aromatic rings. The predicted molar refractivity (Wildman–Crippen MR) is 116 cm³/mol. The van der Waals surface area contributed by atoms with Gasteiger partial charge in [0.2, 0.25) is 0 Å². The topological polar surface area (TPSA) is 90.4 Å². The van der Waals surface area contributed by atoms with Crippen molar-refractivity contribution in [2.45, 2.75) is 0 Å². The van der Waals surface area contributed by atoms with Crippen LogP contribution in [0.3, 0.4) is 0 Å². The molecule has 2 aromatic carbocycles. The Hall–Kier alpha value is -4.39. The number of hydrogen-bond donors (Lipinski definition) is 1. The summed E-state index contributed by atoms with van der Waals surface area (Å²) in [5.74, 6) is 1.55. The second kappa shape index (κ2) is 7.79. The van der Waals surface area contributed by atoms with E-state index in [2.05, 4.69) is 5.32 Å². The van der Waals surface area contributed by atoms with E-state index in [4.69, 9.17) is 23.5 Å². The lowest BCUT2D eigenvalue weighted by Crippen LogP contribution is -2.12. The summed E-state index contributed by atoms with van der Waals surface area (Å²) in [6, 6.07) is 19.6. The fourth-order valence-corrected chi connectivity index (χ4v) is 3.27. The molecule has 0 aliphatic carbocycles. The van der Waals surface area contributed by atoms with Gasteiger partial charge in [0, 0.05) is 17.3 Å². The van der Waals surface area contributed by atoms with E-state index in [1.54, 1.807) is 62.1 Å². The smallest absolute Gasteiger partial charge is 0.255 e. The van der Waals surface area contributed by atoms with E-state index in [1.165, 1.54) is 0 Å². The quantitative estimate of drug-likeness (QED) is 0.416. The zero-order valence-electron chi connectivity index (χ0n) is 16.5. The Kier molecular flexibility index (Phi) is 4.68. The number of hydrogen-bond acceptors (Lipinski definition) is 6. The van der Waals surface area contributed by atoms with Gasteiger partial charge in [-0.05, 0) is 54.6 Å². The van der Waals surface area contributed by atoms with Crippen LogP contribution in [0.1, 0.15) is 10.4 Å². The Morgan fingerprint density at radius 1 is 0.839 bits per heavy atom. The van der Waals surface area contributed by atoms with Gasteiger partial charge in [-0.3, -0.25) is 4.79 Å². The van der Waals surface area contributed by atoms with E-state index in [0.29, 0.717) is 50.9 Å². The minimum absolute atomic E-state index is 0.258. The van der Waals surface area contributed by atoms with Crippen LogP contribution in [0.5, 0.6) is 5.75 Å². The molecule has 0 unspecified atom stereocenters. The molecule has 7 heteroatoms. The first-order valence-electron chi connectivity index (χ1n) is 9.56. The van der Waals surface area contributed by atoms with Crippen molar-refractivity contribution in [1.82, 2.24) is 9.97 Å². The third-order valence-corrected chi connectivity index (χ3v) is 4.76. The molecule has 3 aromatic heterocycles. The molecule has 0 spiro atoms. The summed E-state index contributed by atoms with van der Waals surface area (Å²) in [5, 5.41) is 2.87. The van der Waals surface area contributed by atoms with Gasteiger partial charge in [0.25, 0.3) is 5.91 Å².